The number of rotatable bonds is 0. The molecule has 2 atom stereocenters. The molecule has 0 aromatic heterocycles. The molecule has 1 rings (SSSR count). The molecule has 0 saturated heterocycles. The molecule has 0 amide bonds. The molecule has 1 aliphatic carbocycles. The Morgan fingerprint density at radius 3 is 1.06 bits per heavy atom. The smallest absolute Gasteiger partial charge is 0.204 e. The van der Waals surface area contributed by atoms with E-state index in [0.29, 0.717) is 0 Å². The highest BCUT2D eigenvalue weighted by Crippen LogP contribution is 2.66. The minimum atomic E-state index is -5.46. The fourth-order valence-corrected chi connectivity index (χ4v) is 1.63. The van der Waals surface area contributed by atoms with Gasteiger partial charge in [0.2, 0.25) is 0 Å². The van der Waals surface area contributed by atoms with Gasteiger partial charge in [-0.05, 0) is 13.8 Å². The monoisotopic (exact) mass is 268 g/mol. The maximum absolute atomic E-state index is 13.5. The summed E-state index contributed by atoms with van der Waals surface area (Å²) in [4.78, 5) is 0. The molecule has 0 aromatic rings. The summed E-state index contributed by atoms with van der Waals surface area (Å²) in [6, 6.07) is 0. The Kier molecular flexibility index (Phi) is 2.63. The summed E-state index contributed by atoms with van der Waals surface area (Å²) in [5, 5.41) is 0. The van der Waals surface area contributed by atoms with Crippen LogP contribution in [-0.2, 0) is 0 Å². The van der Waals surface area contributed by atoms with Crippen LogP contribution in [0.3, 0.4) is 0 Å². The van der Waals surface area contributed by atoms with Crippen LogP contribution in [0.4, 0.5) is 35.1 Å². The number of hydrogen-bond acceptors (Lipinski definition) is 0. The predicted octanol–water partition coefficient (Wildman–Crippen LogP) is 4.33. The van der Waals surface area contributed by atoms with E-state index < -0.39 is 29.1 Å². The first-order chi connectivity index (χ1) is 7.21. The van der Waals surface area contributed by atoms with Crippen molar-refractivity contribution in [2.24, 2.45) is 10.8 Å². The summed E-state index contributed by atoms with van der Waals surface area (Å²) >= 11 is 0. The van der Waals surface area contributed by atoms with Gasteiger partial charge in [-0.15, -0.1) is 0 Å². The van der Waals surface area contributed by atoms with Crippen LogP contribution in [0.1, 0.15) is 13.8 Å². The molecule has 0 saturated carbocycles. The van der Waals surface area contributed by atoms with E-state index in [1.165, 1.54) is 0 Å². The molecule has 0 aromatic carbocycles. The van der Waals surface area contributed by atoms with Crippen molar-refractivity contribution in [2.75, 3.05) is 0 Å². The van der Waals surface area contributed by atoms with E-state index in [4.69, 9.17) is 0 Å². The second-order valence-electron chi connectivity index (χ2n) is 4.31. The largest absolute Gasteiger partial charge is 0.403 e. The minimum absolute atomic E-state index is 0.0560. The second kappa shape index (κ2) is 3.14. The Labute approximate surface area is 91.3 Å². The molecule has 2 unspecified atom stereocenters. The Morgan fingerprint density at radius 2 is 0.941 bits per heavy atom. The molecular formula is C9H8F8. The van der Waals surface area contributed by atoms with Crippen LogP contribution in [0.2, 0.25) is 0 Å². The number of halogens is 8. The van der Waals surface area contributed by atoms with Crippen LogP contribution in [0.25, 0.3) is 0 Å². The van der Waals surface area contributed by atoms with Gasteiger partial charge in [0.25, 0.3) is 5.92 Å². The highest BCUT2D eigenvalue weighted by molar-refractivity contribution is 5.28. The normalized spacial score (nSPS) is 37.5. The lowest BCUT2D eigenvalue weighted by Crippen LogP contribution is -2.57. The zero-order valence-corrected chi connectivity index (χ0v) is 8.68. The van der Waals surface area contributed by atoms with Gasteiger partial charge >= 0.3 is 12.4 Å². The first-order valence-corrected chi connectivity index (χ1v) is 4.42. The lowest BCUT2D eigenvalue weighted by Gasteiger charge is -2.41. The van der Waals surface area contributed by atoms with Crippen molar-refractivity contribution >= 4 is 0 Å². The molecular weight excluding hydrogens is 260 g/mol. The first-order valence-electron chi connectivity index (χ1n) is 4.42. The summed E-state index contributed by atoms with van der Waals surface area (Å²) in [7, 11) is 0. The Morgan fingerprint density at radius 1 is 0.706 bits per heavy atom. The average Bonchev–Trinajstić information content (AvgIpc) is 2.25. The summed E-state index contributed by atoms with van der Waals surface area (Å²) < 4.78 is 102. The Bertz CT molecular complexity index is 317. The van der Waals surface area contributed by atoms with E-state index >= 15 is 0 Å². The molecule has 0 aliphatic heterocycles. The molecule has 0 spiro atoms. The van der Waals surface area contributed by atoms with Crippen molar-refractivity contribution in [1.29, 1.82) is 0 Å². The van der Waals surface area contributed by atoms with Crippen molar-refractivity contribution < 1.29 is 35.1 Å². The number of alkyl halides is 8. The van der Waals surface area contributed by atoms with Crippen molar-refractivity contribution in [1.82, 2.24) is 0 Å². The highest BCUT2D eigenvalue weighted by Gasteiger charge is 2.80. The molecule has 1 aliphatic rings. The van der Waals surface area contributed by atoms with E-state index in [1.807, 2.05) is 0 Å². The topological polar surface area (TPSA) is 0 Å². The van der Waals surface area contributed by atoms with Crippen molar-refractivity contribution in [3.63, 3.8) is 0 Å². The van der Waals surface area contributed by atoms with Gasteiger partial charge in [0, 0.05) is 0 Å². The van der Waals surface area contributed by atoms with E-state index in [-0.39, 0.29) is 26.0 Å². The van der Waals surface area contributed by atoms with Gasteiger partial charge in [0.15, 0.2) is 0 Å². The van der Waals surface area contributed by atoms with Crippen LogP contribution in [-0.4, -0.2) is 18.3 Å². The third-order valence-corrected chi connectivity index (χ3v) is 3.23. The maximum atomic E-state index is 13.5. The summed E-state index contributed by atoms with van der Waals surface area (Å²) in [6.07, 6.45) is -11.1. The molecule has 100 valence electrons. The van der Waals surface area contributed by atoms with Gasteiger partial charge in [-0.2, -0.15) is 26.3 Å². The van der Waals surface area contributed by atoms with E-state index in [9.17, 15) is 35.1 Å². The fraction of sp³-hybridized carbons (Fsp3) is 0.778. The second-order valence-corrected chi connectivity index (χ2v) is 4.31. The number of allylic oxidation sites excluding steroid dienone is 2. The molecule has 17 heavy (non-hydrogen) atoms. The molecule has 0 heterocycles. The molecule has 0 N–H and O–H groups in total. The standard InChI is InChI=1S/C9H8F8/c1-5(8(12,13)14)3-4-6(2,7(5,10)11)9(15,16)17/h3-4H,1-2H3. The quantitative estimate of drug-likeness (QED) is 0.453. The van der Waals surface area contributed by atoms with Gasteiger partial charge in [0.1, 0.15) is 10.8 Å². The van der Waals surface area contributed by atoms with Crippen LogP contribution in [0.5, 0.6) is 0 Å². The highest BCUT2D eigenvalue weighted by atomic mass is 19.4. The third-order valence-electron chi connectivity index (χ3n) is 3.23. The van der Waals surface area contributed by atoms with Crippen molar-refractivity contribution in [3.8, 4) is 0 Å². The van der Waals surface area contributed by atoms with Crippen LogP contribution < -0.4 is 0 Å². The van der Waals surface area contributed by atoms with Crippen LogP contribution >= 0.6 is 0 Å². The Hall–Kier alpha value is -0.820. The van der Waals surface area contributed by atoms with Gasteiger partial charge in [0.05, 0.1) is 0 Å². The number of hydrogen-bond donors (Lipinski definition) is 0. The van der Waals surface area contributed by atoms with Crippen molar-refractivity contribution in [3.05, 3.63) is 12.2 Å². The minimum Gasteiger partial charge on any atom is -0.204 e. The van der Waals surface area contributed by atoms with Crippen LogP contribution in [0.15, 0.2) is 12.2 Å². The zero-order valence-electron chi connectivity index (χ0n) is 8.68. The first kappa shape index (κ1) is 14.2. The van der Waals surface area contributed by atoms with Gasteiger partial charge < -0.3 is 0 Å². The summed E-state index contributed by atoms with van der Waals surface area (Å²) in [5.41, 5.74) is -7.63. The maximum Gasteiger partial charge on any atom is 0.403 e. The van der Waals surface area contributed by atoms with E-state index in [1.54, 1.807) is 0 Å². The van der Waals surface area contributed by atoms with Gasteiger partial charge in [-0.25, -0.2) is 8.78 Å². The van der Waals surface area contributed by atoms with Crippen molar-refractivity contribution in [2.45, 2.75) is 32.1 Å². The lowest BCUT2D eigenvalue weighted by molar-refractivity contribution is -0.334. The zero-order chi connectivity index (χ0) is 13.9. The molecule has 0 fully saturated rings. The van der Waals surface area contributed by atoms with E-state index in [0.717, 1.165) is 0 Å². The molecule has 0 radical (unpaired) electrons. The van der Waals surface area contributed by atoms with Gasteiger partial charge in [-0.3, -0.25) is 0 Å². The van der Waals surface area contributed by atoms with Crippen LogP contribution in [0, 0.1) is 10.8 Å². The predicted molar refractivity (Wildman–Crippen MR) is 42.4 cm³/mol. The molecule has 8 heteroatoms. The summed E-state index contributed by atoms with van der Waals surface area (Å²) in [6.45, 7) is 0.112. The third kappa shape index (κ3) is 1.48. The SMILES string of the molecule is CC1(C(F)(F)F)C=CC(C)(C(F)(F)F)C1(F)F. The average molecular weight is 268 g/mol. The Balaban J connectivity index is 3.40. The summed E-state index contributed by atoms with van der Waals surface area (Å²) in [5.74, 6) is -4.99. The van der Waals surface area contributed by atoms with E-state index in [2.05, 4.69) is 0 Å². The molecule has 0 bridgehead atoms. The van der Waals surface area contributed by atoms with Gasteiger partial charge in [-0.1, -0.05) is 12.2 Å². The fourth-order valence-electron chi connectivity index (χ4n) is 1.63. The molecule has 0 nitrogen and oxygen atoms in total. The lowest BCUT2D eigenvalue weighted by atomic mass is 9.75.